The van der Waals surface area contributed by atoms with E-state index in [0.29, 0.717) is 13.2 Å². The average Bonchev–Trinajstić information content (AvgIpc) is 2.38. The molecule has 2 aliphatic rings. The van der Waals surface area contributed by atoms with Crippen LogP contribution in [0.25, 0.3) is 0 Å². The molecule has 0 aromatic heterocycles. The van der Waals surface area contributed by atoms with Crippen molar-refractivity contribution >= 4 is 5.97 Å². The van der Waals surface area contributed by atoms with Gasteiger partial charge in [-0.2, -0.15) is 0 Å². The Kier molecular flexibility index (Phi) is 5.57. The smallest absolute Gasteiger partial charge is 0.306 e. The van der Waals surface area contributed by atoms with Crippen LogP contribution in [0.2, 0.25) is 0 Å². The van der Waals surface area contributed by atoms with Crippen molar-refractivity contribution in [3.63, 3.8) is 0 Å². The molecule has 2 heterocycles. The summed E-state index contributed by atoms with van der Waals surface area (Å²) < 4.78 is 11.3. The van der Waals surface area contributed by atoms with Crippen LogP contribution in [0, 0.1) is 0 Å². The highest BCUT2D eigenvalue weighted by Crippen LogP contribution is 2.12. The number of ether oxygens (including phenoxy) is 2. The minimum atomic E-state index is -0.794. The molecule has 0 radical (unpaired) electrons. The molecule has 0 aliphatic carbocycles. The van der Waals surface area contributed by atoms with Gasteiger partial charge in [-0.15, -0.1) is 0 Å². The van der Waals surface area contributed by atoms with E-state index in [9.17, 15) is 4.79 Å². The molecule has 2 saturated heterocycles. The van der Waals surface area contributed by atoms with Crippen LogP contribution in [-0.2, 0) is 14.3 Å². The Morgan fingerprint density at radius 2 is 1.79 bits per heavy atom. The van der Waals surface area contributed by atoms with Gasteiger partial charge in [0.2, 0.25) is 0 Å². The summed E-state index contributed by atoms with van der Waals surface area (Å²) in [7, 11) is 0. The van der Waals surface area contributed by atoms with Gasteiger partial charge in [-0.05, 0) is 6.54 Å². The fourth-order valence-electron chi connectivity index (χ4n) is 2.73. The van der Waals surface area contributed by atoms with Crippen LogP contribution in [0.1, 0.15) is 13.3 Å². The summed E-state index contributed by atoms with van der Waals surface area (Å²) in [6.07, 6.45) is 0.137. The summed E-state index contributed by atoms with van der Waals surface area (Å²) in [5.41, 5.74) is 0. The summed E-state index contributed by atoms with van der Waals surface area (Å²) in [5.74, 6) is -0.794. The Morgan fingerprint density at radius 1 is 1.16 bits per heavy atom. The second-order valence-corrected chi connectivity index (χ2v) is 5.24. The predicted octanol–water partition coefficient (Wildman–Crippen LogP) is -0.117. The van der Waals surface area contributed by atoms with E-state index in [1.807, 2.05) is 0 Å². The van der Waals surface area contributed by atoms with Crippen LogP contribution in [0.5, 0.6) is 0 Å². The molecule has 1 N–H and O–H groups in total. The standard InChI is InChI=1S/C13H24N2O4/c1-2-14-3-5-19-12(9-14)10-15-4-6-18-11(8-15)7-13(16)17/h11-12H,2-10H2,1H3,(H,16,17). The van der Waals surface area contributed by atoms with Crippen LogP contribution < -0.4 is 0 Å². The molecule has 0 spiro atoms. The molecule has 2 aliphatic heterocycles. The number of rotatable bonds is 5. The van der Waals surface area contributed by atoms with E-state index in [-0.39, 0.29) is 18.6 Å². The SMILES string of the molecule is CCN1CCOC(CN2CCOC(CC(=O)O)C2)C1. The fraction of sp³-hybridized carbons (Fsp3) is 0.923. The second-order valence-electron chi connectivity index (χ2n) is 5.24. The number of carbonyl (C=O) groups is 1. The van der Waals surface area contributed by atoms with Crippen molar-refractivity contribution in [1.82, 2.24) is 9.80 Å². The third-order valence-corrected chi connectivity index (χ3v) is 3.76. The first-order valence-electron chi connectivity index (χ1n) is 7.07. The van der Waals surface area contributed by atoms with E-state index < -0.39 is 5.97 Å². The lowest BCUT2D eigenvalue weighted by molar-refractivity contribution is -0.142. The van der Waals surface area contributed by atoms with Crippen LogP contribution in [-0.4, -0.2) is 85.6 Å². The minimum absolute atomic E-state index is 0.0864. The van der Waals surface area contributed by atoms with Gasteiger partial charge >= 0.3 is 5.97 Å². The van der Waals surface area contributed by atoms with Crippen molar-refractivity contribution in [2.45, 2.75) is 25.6 Å². The largest absolute Gasteiger partial charge is 0.481 e. The van der Waals surface area contributed by atoms with Crippen molar-refractivity contribution < 1.29 is 19.4 Å². The summed E-state index contributed by atoms with van der Waals surface area (Å²) in [6, 6.07) is 0. The Labute approximate surface area is 114 Å². The van der Waals surface area contributed by atoms with E-state index in [2.05, 4.69) is 16.7 Å². The fourth-order valence-corrected chi connectivity index (χ4v) is 2.73. The minimum Gasteiger partial charge on any atom is -0.481 e. The first-order chi connectivity index (χ1) is 9.17. The van der Waals surface area contributed by atoms with E-state index in [0.717, 1.165) is 39.3 Å². The number of morpholine rings is 2. The molecule has 0 saturated carbocycles. The van der Waals surface area contributed by atoms with Gasteiger partial charge in [-0.25, -0.2) is 0 Å². The molecular weight excluding hydrogens is 248 g/mol. The number of hydrogen-bond donors (Lipinski definition) is 1. The molecule has 2 atom stereocenters. The van der Waals surface area contributed by atoms with Crippen molar-refractivity contribution in [2.75, 3.05) is 52.5 Å². The third kappa shape index (κ3) is 4.72. The summed E-state index contributed by atoms with van der Waals surface area (Å²) in [6.45, 7) is 9.04. The normalized spacial score (nSPS) is 30.4. The molecule has 6 nitrogen and oxygen atoms in total. The number of hydrogen-bond acceptors (Lipinski definition) is 5. The van der Waals surface area contributed by atoms with E-state index in [1.165, 1.54) is 0 Å². The number of carboxylic acids is 1. The summed E-state index contributed by atoms with van der Waals surface area (Å²) in [5, 5.41) is 8.81. The quantitative estimate of drug-likeness (QED) is 0.753. The molecule has 2 rings (SSSR count). The van der Waals surface area contributed by atoms with Crippen LogP contribution in [0.15, 0.2) is 0 Å². The monoisotopic (exact) mass is 272 g/mol. The van der Waals surface area contributed by atoms with Gasteiger partial charge in [0.05, 0.1) is 31.8 Å². The molecular formula is C13H24N2O4. The van der Waals surface area contributed by atoms with Gasteiger partial charge in [-0.3, -0.25) is 14.6 Å². The first kappa shape index (κ1) is 14.7. The lowest BCUT2D eigenvalue weighted by Gasteiger charge is -2.38. The van der Waals surface area contributed by atoms with Gasteiger partial charge in [0.15, 0.2) is 0 Å². The van der Waals surface area contributed by atoms with Crippen LogP contribution in [0.4, 0.5) is 0 Å². The Balaban J connectivity index is 1.76. The number of likely N-dealkylation sites (N-methyl/N-ethyl adjacent to an activating group) is 1. The van der Waals surface area contributed by atoms with Gasteiger partial charge < -0.3 is 14.6 Å². The maximum atomic E-state index is 10.7. The second kappa shape index (κ2) is 7.19. The van der Waals surface area contributed by atoms with E-state index >= 15 is 0 Å². The molecule has 0 amide bonds. The Morgan fingerprint density at radius 3 is 2.47 bits per heavy atom. The van der Waals surface area contributed by atoms with Gasteiger partial charge in [0, 0.05) is 32.7 Å². The molecule has 0 aromatic rings. The van der Waals surface area contributed by atoms with E-state index in [1.54, 1.807) is 0 Å². The number of nitrogens with zero attached hydrogens (tertiary/aromatic N) is 2. The Hall–Kier alpha value is -0.690. The molecule has 6 heteroatoms. The topological polar surface area (TPSA) is 62.2 Å². The van der Waals surface area contributed by atoms with E-state index in [4.69, 9.17) is 14.6 Å². The first-order valence-corrected chi connectivity index (χ1v) is 7.07. The maximum absolute atomic E-state index is 10.7. The number of aliphatic carboxylic acids is 1. The van der Waals surface area contributed by atoms with Gasteiger partial charge in [-0.1, -0.05) is 6.92 Å². The summed E-state index contributed by atoms with van der Waals surface area (Å²) >= 11 is 0. The zero-order valence-corrected chi connectivity index (χ0v) is 11.6. The van der Waals surface area contributed by atoms with Crippen molar-refractivity contribution in [3.05, 3.63) is 0 Å². The van der Waals surface area contributed by atoms with Crippen LogP contribution in [0.3, 0.4) is 0 Å². The lowest BCUT2D eigenvalue weighted by atomic mass is 10.2. The van der Waals surface area contributed by atoms with Crippen molar-refractivity contribution in [2.24, 2.45) is 0 Å². The van der Waals surface area contributed by atoms with Crippen molar-refractivity contribution in [1.29, 1.82) is 0 Å². The molecule has 2 unspecified atom stereocenters. The highest BCUT2D eigenvalue weighted by atomic mass is 16.5. The molecule has 2 fully saturated rings. The summed E-state index contributed by atoms with van der Waals surface area (Å²) in [4.78, 5) is 15.4. The van der Waals surface area contributed by atoms with Gasteiger partial charge in [0.1, 0.15) is 0 Å². The molecule has 0 bridgehead atoms. The molecule has 19 heavy (non-hydrogen) atoms. The molecule has 0 aromatic carbocycles. The predicted molar refractivity (Wildman–Crippen MR) is 70.3 cm³/mol. The zero-order valence-electron chi connectivity index (χ0n) is 11.6. The maximum Gasteiger partial charge on any atom is 0.306 e. The lowest BCUT2D eigenvalue weighted by Crippen LogP contribution is -2.51. The highest BCUT2D eigenvalue weighted by molar-refractivity contribution is 5.67. The highest BCUT2D eigenvalue weighted by Gasteiger charge is 2.27. The zero-order chi connectivity index (χ0) is 13.7. The van der Waals surface area contributed by atoms with Crippen molar-refractivity contribution in [3.8, 4) is 0 Å². The molecule has 110 valence electrons. The Bertz CT molecular complexity index is 300. The third-order valence-electron chi connectivity index (χ3n) is 3.76. The van der Waals surface area contributed by atoms with Crippen LogP contribution >= 0.6 is 0 Å². The van der Waals surface area contributed by atoms with Gasteiger partial charge in [0.25, 0.3) is 0 Å². The average molecular weight is 272 g/mol. The number of carboxylic acid groups (broad SMARTS) is 1.